The summed E-state index contributed by atoms with van der Waals surface area (Å²) in [5.41, 5.74) is 3.42. The van der Waals surface area contributed by atoms with Gasteiger partial charge in [0.25, 0.3) is 0 Å². The highest BCUT2D eigenvalue weighted by molar-refractivity contribution is 5.55. The van der Waals surface area contributed by atoms with E-state index in [0.29, 0.717) is 5.56 Å². The smallest absolute Gasteiger partial charge is 0.128 e. The third-order valence-corrected chi connectivity index (χ3v) is 3.42. The number of aromatic nitrogens is 3. The maximum atomic E-state index is 14.1. The number of nitrogens with one attached hydrogen (secondary N) is 1. The highest BCUT2D eigenvalue weighted by Crippen LogP contribution is 2.27. The number of aryl methyl sites for hydroxylation is 1. The van der Waals surface area contributed by atoms with Gasteiger partial charge in [0.15, 0.2) is 0 Å². The van der Waals surface area contributed by atoms with Crippen molar-refractivity contribution < 1.29 is 4.39 Å². The molecule has 0 amide bonds. The van der Waals surface area contributed by atoms with Gasteiger partial charge in [0, 0.05) is 23.5 Å². The molecule has 0 fully saturated rings. The van der Waals surface area contributed by atoms with Crippen LogP contribution in [0.1, 0.15) is 22.7 Å². The van der Waals surface area contributed by atoms with Crippen molar-refractivity contribution in [2.75, 3.05) is 7.05 Å². The van der Waals surface area contributed by atoms with Crippen molar-refractivity contribution >= 4 is 5.52 Å². The molecule has 0 aliphatic heterocycles. The molecule has 0 aliphatic rings. The van der Waals surface area contributed by atoms with Gasteiger partial charge in [-0.1, -0.05) is 17.7 Å². The quantitative estimate of drug-likeness (QED) is 0.795. The van der Waals surface area contributed by atoms with Gasteiger partial charge in [0.05, 0.1) is 24.0 Å². The van der Waals surface area contributed by atoms with Gasteiger partial charge in [-0.25, -0.2) is 8.91 Å². The Morgan fingerprint density at radius 1 is 1.25 bits per heavy atom. The Kier molecular flexibility index (Phi) is 3.20. The molecule has 0 spiro atoms. The number of hydrogen-bond acceptors (Lipinski definition) is 3. The summed E-state index contributed by atoms with van der Waals surface area (Å²) in [6.07, 6.45) is 6.93. The second kappa shape index (κ2) is 5.02. The second-order valence-electron chi connectivity index (χ2n) is 4.75. The van der Waals surface area contributed by atoms with E-state index in [9.17, 15) is 4.39 Å². The molecule has 0 radical (unpaired) electrons. The topological polar surface area (TPSA) is 42.2 Å². The Hall–Kier alpha value is -2.27. The normalized spacial score (nSPS) is 12.8. The first kappa shape index (κ1) is 12.7. The van der Waals surface area contributed by atoms with Gasteiger partial charge in [0.2, 0.25) is 0 Å². The minimum Gasteiger partial charge on any atom is -0.309 e. The van der Waals surface area contributed by atoms with Crippen LogP contribution >= 0.6 is 0 Å². The molecule has 0 aliphatic carbocycles. The first-order valence-corrected chi connectivity index (χ1v) is 6.41. The number of rotatable bonds is 3. The van der Waals surface area contributed by atoms with Crippen molar-refractivity contribution in [2.24, 2.45) is 0 Å². The molecule has 1 N–H and O–H groups in total. The van der Waals surface area contributed by atoms with E-state index in [0.717, 1.165) is 16.6 Å². The lowest BCUT2D eigenvalue weighted by molar-refractivity contribution is 0.577. The lowest BCUT2D eigenvalue weighted by Gasteiger charge is -2.17. The van der Waals surface area contributed by atoms with Gasteiger partial charge >= 0.3 is 0 Å². The standard InChI is InChI=1S/C15H15FN4/c1-10-3-4-13(16)11(7-10)15(17-2)12-8-19-20-6-5-18-9-14(12)20/h3-9,15,17H,1-2H3. The molecule has 2 aromatic heterocycles. The van der Waals surface area contributed by atoms with Crippen LogP contribution in [0, 0.1) is 12.7 Å². The Morgan fingerprint density at radius 3 is 2.90 bits per heavy atom. The number of hydrogen-bond donors (Lipinski definition) is 1. The third-order valence-electron chi connectivity index (χ3n) is 3.42. The van der Waals surface area contributed by atoms with Gasteiger partial charge in [-0.2, -0.15) is 5.10 Å². The van der Waals surface area contributed by atoms with Crippen LogP contribution < -0.4 is 5.32 Å². The SMILES string of the molecule is CNC(c1cc(C)ccc1F)c1cnn2ccncc12. The van der Waals surface area contributed by atoms with Crippen molar-refractivity contribution in [1.29, 1.82) is 0 Å². The summed E-state index contributed by atoms with van der Waals surface area (Å²) in [4.78, 5) is 4.11. The van der Waals surface area contributed by atoms with E-state index in [1.807, 2.05) is 20.0 Å². The summed E-state index contributed by atoms with van der Waals surface area (Å²) in [7, 11) is 1.81. The lowest BCUT2D eigenvalue weighted by Crippen LogP contribution is -2.19. The monoisotopic (exact) mass is 270 g/mol. The molecule has 3 aromatic rings. The zero-order valence-corrected chi connectivity index (χ0v) is 11.3. The van der Waals surface area contributed by atoms with Crippen molar-refractivity contribution in [2.45, 2.75) is 13.0 Å². The predicted octanol–water partition coefficient (Wildman–Crippen LogP) is 2.49. The summed E-state index contributed by atoms with van der Waals surface area (Å²) in [5.74, 6) is -0.224. The van der Waals surface area contributed by atoms with E-state index >= 15 is 0 Å². The number of halogens is 1. The molecule has 5 heteroatoms. The Balaban J connectivity index is 2.16. The second-order valence-corrected chi connectivity index (χ2v) is 4.75. The molecular formula is C15H15FN4. The largest absolute Gasteiger partial charge is 0.309 e. The van der Waals surface area contributed by atoms with Gasteiger partial charge in [0.1, 0.15) is 5.82 Å². The van der Waals surface area contributed by atoms with E-state index in [1.54, 1.807) is 35.4 Å². The Labute approximate surface area is 116 Å². The average Bonchev–Trinajstić information content (AvgIpc) is 2.88. The Morgan fingerprint density at radius 2 is 2.10 bits per heavy atom. The fourth-order valence-corrected chi connectivity index (χ4v) is 2.44. The molecule has 20 heavy (non-hydrogen) atoms. The Bertz CT molecular complexity index is 750. The van der Waals surface area contributed by atoms with Crippen LogP contribution in [0.15, 0.2) is 43.0 Å². The van der Waals surface area contributed by atoms with Crippen LogP contribution in [0.4, 0.5) is 4.39 Å². The summed E-state index contributed by atoms with van der Waals surface area (Å²) in [5, 5.41) is 7.44. The first-order valence-electron chi connectivity index (χ1n) is 6.41. The minimum atomic E-state index is -0.253. The van der Waals surface area contributed by atoms with Crippen molar-refractivity contribution in [3.05, 3.63) is 65.5 Å². The minimum absolute atomic E-state index is 0.224. The van der Waals surface area contributed by atoms with E-state index in [-0.39, 0.29) is 11.9 Å². The van der Waals surface area contributed by atoms with Crippen LogP contribution in [0.2, 0.25) is 0 Å². The molecule has 2 heterocycles. The van der Waals surface area contributed by atoms with Gasteiger partial charge < -0.3 is 5.32 Å². The van der Waals surface area contributed by atoms with E-state index < -0.39 is 0 Å². The first-order chi connectivity index (χ1) is 9.70. The maximum Gasteiger partial charge on any atom is 0.128 e. The molecule has 1 unspecified atom stereocenters. The zero-order chi connectivity index (χ0) is 14.1. The fraction of sp³-hybridized carbons (Fsp3) is 0.200. The summed E-state index contributed by atoms with van der Waals surface area (Å²) in [6.45, 7) is 1.95. The van der Waals surface area contributed by atoms with Crippen LogP contribution in [0.3, 0.4) is 0 Å². The van der Waals surface area contributed by atoms with Crippen LogP contribution in [-0.4, -0.2) is 21.6 Å². The fourth-order valence-electron chi connectivity index (χ4n) is 2.44. The molecule has 0 saturated carbocycles. The highest BCUT2D eigenvalue weighted by Gasteiger charge is 2.20. The number of nitrogens with zero attached hydrogens (tertiary/aromatic N) is 3. The molecule has 0 bridgehead atoms. The third kappa shape index (κ3) is 2.06. The average molecular weight is 270 g/mol. The van der Waals surface area contributed by atoms with E-state index in [4.69, 9.17) is 0 Å². The van der Waals surface area contributed by atoms with Crippen molar-refractivity contribution in [1.82, 2.24) is 19.9 Å². The highest BCUT2D eigenvalue weighted by atomic mass is 19.1. The van der Waals surface area contributed by atoms with E-state index in [1.165, 1.54) is 6.07 Å². The van der Waals surface area contributed by atoms with Crippen molar-refractivity contribution in [3.63, 3.8) is 0 Å². The molecule has 1 atom stereocenters. The molecule has 3 rings (SSSR count). The molecular weight excluding hydrogens is 255 g/mol. The summed E-state index contributed by atoms with van der Waals surface area (Å²) in [6, 6.07) is 4.87. The van der Waals surface area contributed by atoms with Crippen molar-refractivity contribution in [3.8, 4) is 0 Å². The van der Waals surface area contributed by atoms with Crippen LogP contribution in [0.5, 0.6) is 0 Å². The van der Waals surface area contributed by atoms with Gasteiger partial charge in [-0.3, -0.25) is 4.98 Å². The molecule has 4 nitrogen and oxygen atoms in total. The van der Waals surface area contributed by atoms with Crippen LogP contribution in [-0.2, 0) is 0 Å². The van der Waals surface area contributed by atoms with Crippen LogP contribution in [0.25, 0.3) is 5.52 Å². The molecule has 1 aromatic carbocycles. The van der Waals surface area contributed by atoms with Gasteiger partial charge in [-0.15, -0.1) is 0 Å². The van der Waals surface area contributed by atoms with Gasteiger partial charge in [-0.05, 0) is 20.0 Å². The van der Waals surface area contributed by atoms with E-state index in [2.05, 4.69) is 15.4 Å². The number of fused-ring (bicyclic) bond motifs is 1. The molecule has 0 saturated heterocycles. The summed E-state index contributed by atoms with van der Waals surface area (Å²) >= 11 is 0. The maximum absolute atomic E-state index is 14.1. The number of benzene rings is 1. The zero-order valence-electron chi connectivity index (χ0n) is 11.3. The summed E-state index contributed by atoms with van der Waals surface area (Å²) < 4.78 is 15.9. The predicted molar refractivity (Wildman–Crippen MR) is 75.0 cm³/mol. The molecule has 102 valence electrons. The lowest BCUT2D eigenvalue weighted by atomic mass is 9.98.